The van der Waals surface area contributed by atoms with Crippen LogP contribution in [0.5, 0.6) is 0 Å². The molecule has 0 aliphatic rings. The highest BCUT2D eigenvalue weighted by atomic mass is 16.5. The molecule has 0 atom stereocenters. The van der Waals surface area contributed by atoms with Gasteiger partial charge >= 0.3 is 0 Å². The van der Waals surface area contributed by atoms with Crippen molar-refractivity contribution >= 4 is 11.8 Å². The van der Waals surface area contributed by atoms with Gasteiger partial charge in [0.15, 0.2) is 0 Å². The Kier molecular flexibility index (Phi) is 7.11. The highest BCUT2D eigenvalue weighted by Gasteiger charge is 2.21. The molecule has 1 heterocycles. The van der Waals surface area contributed by atoms with Crippen LogP contribution in [0.15, 0.2) is 10.5 Å². The fraction of sp³-hybridized carbons (Fsp3) is 0.625. The van der Waals surface area contributed by atoms with Crippen molar-refractivity contribution in [3.8, 4) is 0 Å². The molecule has 0 bridgehead atoms. The van der Waals surface area contributed by atoms with Crippen LogP contribution >= 0.6 is 0 Å². The molecule has 22 heavy (non-hydrogen) atoms. The highest BCUT2D eigenvalue weighted by molar-refractivity contribution is 5.95. The number of ether oxygens (including phenoxy) is 1. The topological polar surface area (TPSA) is 71.8 Å². The van der Waals surface area contributed by atoms with E-state index in [9.17, 15) is 9.59 Å². The maximum atomic E-state index is 12.6. The van der Waals surface area contributed by atoms with Crippen molar-refractivity contribution in [3.05, 3.63) is 23.2 Å². The summed E-state index contributed by atoms with van der Waals surface area (Å²) in [7, 11) is 1.58. The van der Waals surface area contributed by atoms with Gasteiger partial charge in [0.05, 0.1) is 12.2 Å². The van der Waals surface area contributed by atoms with Gasteiger partial charge in [-0.2, -0.15) is 0 Å². The van der Waals surface area contributed by atoms with E-state index in [4.69, 9.17) is 9.15 Å². The molecule has 124 valence electrons. The summed E-state index contributed by atoms with van der Waals surface area (Å²) < 4.78 is 10.5. The quantitative estimate of drug-likeness (QED) is 0.796. The zero-order valence-electron chi connectivity index (χ0n) is 14.1. The van der Waals surface area contributed by atoms with Crippen molar-refractivity contribution in [3.63, 3.8) is 0 Å². The Bertz CT molecular complexity index is 508. The minimum absolute atomic E-state index is 0.0645. The number of nitrogens with zero attached hydrogens (tertiary/aromatic N) is 1. The lowest BCUT2D eigenvalue weighted by molar-refractivity contribution is -0.121. The van der Waals surface area contributed by atoms with Gasteiger partial charge < -0.3 is 19.4 Å². The van der Waals surface area contributed by atoms with Gasteiger partial charge in [-0.15, -0.1) is 0 Å². The van der Waals surface area contributed by atoms with E-state index in [2.05, 4.69) is 5.32 Å². The predicted molar refractivity (Wildman–Crippen MR) is 83.9 cm³/mol. The number of furan rings is 1. The summed E-state index contributed by atoms with van der Waals surface area (Å²) in [5.41, 5.74) is 0.540. The molecular weight excluding hydrogens is 284 g/mol. The second-order valence-electron chi connectivity index (χ2n) is 5.58. The maximum Gasteiger partial charge on any atom is 0.257 e. The summed E-state index contributed by atoms with van der Waals surface area (Å²) in [4.78, 5) is 26.0. The average Bonchev–Trinajstić information content (AvgIpc) is 2.76. The molecule has 6 nitrogen and oxygen atoms in total. The van der Waals surface area contributed by atoms with Crippen LogP contribution in [0.25, 0.3) is 0 Å². The van der Waals surface area contributed by atoms with E-state index in [0.29, 0.717) is 36.8 Å². The van der Waals surface area contributed by atoms with E-state index in [1.54, 1.807) is 31.9 Å². The molecular formula is C16H26N2O4. The summed E-state index contributed by atoms with van der Waals surface area (Å²) in [6.45, 7) is 8.60. The highest BCUT2D eigenvalue weighted by Crippen LogP contribution is 2.16. The van der Waals surface area contributed by atoms with Crippen LogP contribution < -0.4 is 5.32 Å². The third kappa shape index (κ3) is 5.52. The Hall–Kier alpha value is -1.82. The number of hydrogen-bond acceptors (Lipinski definition) is 4. The fourth-order valence-electron chi connectivity index (χ4n) is 2.16. The molecule has 0 aliphatic carbocycles. The van der Waals surface area contributed by atoms with Crippen molar-refractivity contribution in [2.24, 2.45) is 0 Å². The van der Waals surface area contributed by atoms with Crippen LogP contribution in [0, 0.1) is 13.8 Å². The monoisotopic (exact) mass is 310 g/mol. The number of nitrogens with one attached hydrogen (secondary N) is 1. The predicted octanol–water partition coefficient (Wildman–Crippen LogP) is 1.90. The molecule has 1 rings (SSSR count). The van der Waals surface area contributed by atoms with Gasteiger partial charge in [-0.3, -0.25) is 9.59 Å². The van der Waals surface area contributed by atoms with Gasteiger partial charge in [0.25, 0.3) is 5.91 Å². The molecule has 1 N–H and O–H groups in total. The largest absolute Gasteiger partial charge is 0.466 e. The SMILES string of the molecule is COCCN(CCC(=O)NC(C)C)C(=O)c1cc(C)oc1C. The number of hydrogen-bond donors (Lipinski definition) is 1. The zero-order valence-corrected chi connectivity index (χ0v) is 14.1. The minimum Gasteiger partial charge on any atom is -0.466 e. The molecule has 0 aliphatic heterocycles. The molecule has 2 amide bonds. The van der Waals surface area contributed by atoms with Crippen LogP contribution in [0.3, 0.4) is 0 Å². The Morgan fingerprint density at radius 1 is 1.32 bits per heavy atom. The van der Waals surface area contributed by atoms with Crippen molar-refractivity contribution in [2.75, 3.05) is 26.8 Å². The maximum absolute atomic E-state index is 12.6. The van der Waals surface area contributed by atoms with Gasteiger partial charge in [-0.1, -0.05) is 0 Å². The fourth-order valence-corrected chi connectivity index (χ4v) is 2.16. The molecule has 0 radical (unpaired) electrons. The van der Waals surface area contributed by atoms with Crippen LogP contribution in [-0.2, 0) is 9.53 Å². The second kappa shape index (κ2) is 8.58. The molecule has 0 fully saturated rings. The summed E-state index contributed by atoms with van der Waals surface area (Å²) in [6.07, 6.45) is 0.267. The van der Waals surface area contributed by atoms with Crippen molar-refractivity contribution in [2.45, 2.75) is 40.2 Å². The van der Waals surface area contributed by atoms with Gasteiger partial charge in [-0.25, -0.2) is 0 Å². The van der Waals surface area contributed by atoms with E-state index >= 15 is 0 Å². The zero-order chi connectivity index (χ0) is 16.7. The molecule has 0 unspecified atom stereocenters. The lowest BCUT2D eigenvalue weighted by Crippen LogP contribution is -2.38. The summed E-state index contributed by atoms with van der Waals surface area (Å²) in [5, 5.41) is 2.82. The van der Waals surface area contributed by atoms with Gasteiger partial charge in [-0.05, 0) is 33.8 Å². The Morgan fingerprint density at radius 2 is 2.00 bits per heavy atom. The standard InChI is InChI=1S/C16H26N2O4/c1-11(2)17-15(19)6-7-18(8-9-21-5)16(20)14-10-12(3)22-13(14)4/h10-11H,6-9H2,1-5H3,(H,17,19). The Labute approximate surface area is 131 Å². The lowest BCUT2D eigenvalue weighted by atomic mass is 10.2. The number of amides is 2. The van der Waals surface area contributed by atoms with Gasteiger partial charge in [0.1, 0.15) is 11.5 Å². The third-order valence-corrected chi connectivity index (χ3v) is 3.18. The van der Waals surface area contributed by atoms with Crippen molar-refractivity contribution in [1.29, 1.82) is 0 Å². The third-order valence-electron chi connectivity index (χ3n) is 3.18. The van der Waals surface area contributed by atoms with E-state index in [0.717, 1.165) is 0 Å². The summed E-state index contributed by atoms with van der Waals surface area (Å²) >= 11 is 0. The average molecular weight is 310 g/mol. The van der Waals surface area contributed by atoms with E-state index in [-0.39, 0.29) is 24.3 Å². The smallest absolute Gasteiger partial charge is 0.257 e. The van der Waals surface area contributed by atoms with Crippen LogP contribution in [-0.4, -0.2) is 49.6 Å². The van der Waals surface area contributed by atoms with E-state index < -0.39 is 0 Å². The number of carbonyl (C=O) groups is 2. The Morgan fingerprint density at radius 3 is 2.50 bits per heavy atom. The lowest BCUT2D eigenvalue weighted by Gasteiger charge is -2.22. The Balaban J connectivity index is 2.73. The van der Waals surface area contributed by atoms with Crippen LogP contribution in [0.2, 0.25) is 0 Å². The minimum atomic E-state index is -0.135. The first kappa shape index (κ1) is 18.2. The first-order valence-electron chi connectivity index (χ1n) is 7.49. The molecule has 0 saturated heterocycles. The molecule has 1 aromatic heterocycles. The number of carbonyl (C=O) groups excluding carboxylic acids is 2. The second-order valence-corrected chi connectivity index (χ2v) is 5.58. The van der Waals surface area contributed by atoms with Gasteiger partial charge in [0, 0.05) is 32.7 Å². The van der Waals surface area contributed by atoms with Crippen molar-refractivity contribution < 1.29 is 18.7 Å². The molecule has 0 aromatic carbocycles. The number of methoxy groups -OCH3 is 1. The molecule has 0 saturated carbocycles. The molecule has 6 heteroatoms. The van der Waals surface area contributed by atoms with Crippen LogP contribution in [0.1, 0.15) is 42.1 Å². The van der Waals surface area contributed by atoms with Gasteiger partial charge in [0.2, 0.25) is 5.91 Å². The first-order chi connectivity index (χ1) is 10.3. The molecule has 0 spiro atoms. The van der Waals surface area contributed by atoms with E-state index in [1.165, 1.54) is 0 Å². The van der Waals surface area contributed by atoms with Crippen LogP contribution in [0.4, 0.5) is 0 Å². The van der Waals surface area contributed by atoms with Crippen molar-refractivity contribution in [1.82, 2.24) is 10.2 Å². The normalized spacial score (nSPS) is 10.8. The number of rotatable bonds is 8. The molecule has 1 aromatic rings. The summed E-state index contributed by atoms with van der Waals surface area (Å²) in [5.74, 6) is 1.09. The van der Waals surface area contributed by atoms with E-state index in [1.807, 2.05) is 13.8 Å². The number of aryl methyl sites for hydroxylation is 2. The first-order valence-corrected chi connectivity index (χ1v) is 7.49. The summed E-state index contributed by atoms with van der Waals surface area (Å²) in [6, 6.07) is 1.82.